The van der Waals surface area contributed by atoms with E-state index < -0.39 is 22.9 Å². The lowest BCUT2D eigenvalue weighted by Crippen LogP contribution is -2.48. The summed E-state index contributed by atoms with van der Waals surface area (Å²) < 4.78 is 0. The summed E-state index contributed by atoms with van der Waals surface area (Å²) in [5.41, 5.74) is -0.547. The molecule has 0 amide bonds. The van der Waals surface area contributed by atoms with Crippen molar-refractivity contribution in [3.63, 3.8) is 0 Å². The number of carbonyl (C=O) groups is 1. The highest BCUT2D eigenvalue weighted by Gasteiger charge is 2.52. The molecule has 34 heavy (non-hydrogen) atoms. The predicted molar refractivity (Wildman–Crippen MR) is 139 cm³/mol. The maximum absolute atomic E-state index is 12.0. The van der Waals surface area contributed by atoms with Crippen LogP contribution in [0.2, 0.25) is 0 Å². The van der Waals surface area contributed by atoms with Gasteiger partial charge in [0.2, 0.25) is 0 Å². The Morgan fingerprint density at radius 2 is 1.68 bits per heavy atom. The van der Waals surface area contributed by atoms with E-state index >= 15 is 0 Å². The molecule has 0 spiro atoms. The zero-order valence-corrected chi connectivity index (χ0v) is 23.1. The van der Waals surface area contributed by atoms with Crippen LogP contribution in [-0.4, -0.2) is 33.5 Å². The van der Waals surface area contributed by atoms with Crippen LogP contribution in [0.3, 0.4) is 0 Å². The van der Waals surface area contributed by atoms with E-state index in [-0.39, 0.29) is 28.8 Å². The van der Waals surface area contributed by atoms with Gasteiger partial charge in [0.1, 0.15) is 0 Å². The lowest BCUT2D eigenvalue weighted by atomic mass is 9.54. The highest BCUT2D eigenvalue weighted by molar-refractivity contribution is 5.75. The number of carboxylic acids is 1. The molecule has 2 saturated carbocycles. The molecule has 6 atom stereocenters. The minimum atomic E-state index is -0.869. The zero-order chi connectivity index (χ0) is 26.3. The van der Waals surface area contributed by atoms with Gasteiger partial charge in [0.05, 0.1) is 17.6 Å². The molecule has 4 nitrogen and oxygen atoms in total. The van der Waals surface area contributed by atoms with Crippen LogP contribution in [0.1, 0.15) is 88.5 Å². The van der Waals surface area contributed by atoms with E-state index in [0.29, 0.717) is 11.8 Å². The van der Waals surface area contributed by atoms with Crippen LogP contribution in [0.5, 0.6) is 0 Å². The lowest BCUT2D eigenvalue weighted by molar-refractivity contribution is -0.158. The summed E-state index contributed by atoms with van der Waals surface area (Å²) in [4.78, 5) is 12.0. The van der Waals surface area contributed by atoms with Gasteiger partial charge in [-0.1, -0.05) is 64.3 Å². The fourth-order valence-corrected chi connectivity index (χ4v) is 5.93. The summed E-state index contributed by atoms with van der Waals surface area (Å²) >= 11 is 0. The van der Waals surface area contributed by atoms with Crippen LogP contribution in [0.15, 0.2) is 23.8 Å². The first-order chi connectivity index (χ1) is 15.4. The number of allylic oxidation sites excluding steroid dienone is 2. The largest absolute Gasteiger partial charge is 0.481 e. The Morgan fingerprint density at radius 3 is 2.21 bits per heavy atom. The second-order valence-corrected chi connectivity index (χ2v) is 13.1. The summed E-state index contributed by atoms with van der Waals surface area (Å²) in [6, 6.07) is 0. The first kappa shape index (κ1) is 28.7. The highest BCUT2D eigenvalue weighted by Crippen LogP contribution is 2.56. The number of rotatable bonds is 8. The maximum Gasteiger partial charge on any atom is 0.309 e. The standard InChI is InChI=1S/C30H48O4/c1-11-14-27(3,4)19(2)24(31)13-12-22-23-16-20(15-21(23)17-25(22)32)18-28(5,6)30(9,10)29(7,8)26(33)34/h12-13,18-19,21-25,31-32H,15-17H2,1-10H3,(H,33,34)/b13-12+,20-18+/t19?,21-,22+,23-,24+,25+/m0/s1. The summed E-state index contributed by atoms with van der Waals surface area (Å²) in [6.07, 6.45) is 7.87. The molecule has 0 aromatic rings. The number of hydrogen-bond donors (Lipinski definition) is 3. The third kappa shape index (κ3) is 5.31. The van der Waals surface area contributed by atoms with Gasteiger partial charge in [-0.3, -0.25) is 4.79 Å². The zero-order valence-electron chi connectivity index (χ0n) is 23.1. The molecule has 1 unspecified atom stereocenters. The van der Waals surface area contributed by atoms with E-state index in [0.717, 1.165) is 19.3 Å². The Hall–Kier alpha value is -1.57. The predicted octanol–water partition coefficient (Wildman–Crippen LogP) is 6.09. The summed E-state index contributed by atoms with van der Waals surface area (Å²) in [7, 11) is 0. The molecule has 0 bridgehead atoms. The Bertz CT molecular complexity index is 877. The fourth-order valence-electron chi connectivity index (χ4n) is 5.93. The fraction of sp³-hybridized carbons (Fsp3) is 0.767. The lowest BCUT2D eigenvalue weighted by Gasteiger charge is -2.49. The molecule has 3 N–H and O–H groups in total. The van der Waals surface area contributed by atoms with Crippen molar-refractivity contribution in [1.29, 1.82) is 0 Å². The Morgan fingerprint density at radius 1 is 1.09 bits per heavy atom. The molecule has 0 radical (unpaired) electrons. The van der Waals surface area contributed by atoms with Crippen LogP contribution >= 0.6 is 0 Å². The Labute approximate surface area is 207 Å². The number of aliphatic hydroxyl groups excluding tert-OH is 2. The van der Waals surface area contributed by atoms with Crippen LogP contribution in [0.4, 0.5) is 0 Å². The second-order valence-electron chi connectivity index (χ2n) is 13.1. The van der Waals surface area contributed by atoms with Gasteiger partial charge in [0, 0.05) is 17.3 Å². The molecule has 0 aromatic carbocycles. The smallest absolute Gasteiger partial charge is 0.309 e. The number of aliphatic hydroxyl groups is 2. The van der Waals surface area contributed by atoms with E-state index in [9.17, 15) is 20.1 Å². The van der Waals surface area contributed by atoms with E-state index in [1.807, 2.05) is 39.8 Å². The molecule has 0 aromatic heterocycles. The molecule has 4 heteroatoms. The van der Waals surface area contributed by atoms with Crippen molar-refractivity contribution in [2.24, 2.45) is 45.3 Å². The van der Waals surface area contributed by atoms with Gasteiger partial charge >= 0.3 is 5.97 Å². The van der Waals surface area contributed by atoms with Crippen molar-refractivity contribution < 1.29 is 20.1 Å². The van der Waals surface area contributed by atoms with E-state index in [4.69, 9.17) is 0 Å². The molecule has 192 valence electrons. The molecule has 2 aliphatic carbocycles. The second kappa shape index (κ2) is 9.82. The quantitative estimate of drug-likeness (QED) is 0.295. The molecule has 2 rings (SSSR count). The summed E-state index contributed by atoms with van der Waals surface area (Å²) in [5, 5.41) is 31.4. The van der Waals surface area contributed by atoms with Gasteiger partial charge in [-0.05, 0) is 76.5 Å². The van der Waals surface area contributed by atoms with Crippen molar-refractivity contribution in [3.8, 4) is 11.8 Å². The highest BCUT2D eigenvalue weighted by atomic mass is 16.4. The molecule has 0 saturated heterocycles. The molecular formula is C30H48O4. The first-order valence-electron chi connectivity index (χ1n) is 12.8. The Balaban J connectivity index is 2.20. The molecule has 0 aliphatic heterocycles. The molecule has 0 heterocycles. The van der Waals surface area contributed by atoms with Crippen molar-refractivity contribution in [2.45, 2.75) is 101 Å². The Kier molecular flexibility index (Phi) is 8.28. The van der Waals surface area contributed by atoms with E-state index in [1.165, 1.54) is 5.57 Å². The van der Waals surface area contributed by atoms with Crippen molar-refractivity contribution in [1.82, 2.24) is 0 Å². The van der Waals surface area contributed by atoms with Crippen LogP contribution < -0.4 is 0 Å². The number of fused-ring (bicyclic) bond motifs is 1. The topological polar surface area (TPSA) is 77.8 Å². The average Bonchev–Trinajstić information content (AvgIpc) is 3.20. The van der Waals surface area contributed by atoms with Gasteiger partial charge in [-0.2, -0.15) is 0 Å². The minimum absolute atomic E-state index is 0.0230. The molecule has 2 aliphatic rings. The summed E-state index contributed by atoms with van der Waals surface area (Å²) in [5.74, 6) is 6.18. The van der Waals surface area contributed by atoms with Gasteiger partial charge in [-0.25, -0.2) is 0 Å². The maximum atomic E-state index is 12.0. The average molecular weight is 473 g/mol. The van der Waals surface area contributed by atoms with Crippen LogP contribution in [0.25, 0.3) is 0 Å². The van der Waals surface area contributed by atoms with E-state index in [1.54, 1.807) is 0 Å². The molecular weight excluding hydrogens is 424 g/mol. The van der Waals surface area contributed by atoms with Crippen molar-refractivity contribution in [2.75, 3.05) is 0 Å². The van der Waals surface area contributed by atoms with Crippen LogP contribution in [-0.2, 0) is 4.79 Å². The van der Waals surface area contributed by atoms with Gasteiger partial charge < -0.3 is 15.3 Å². The van der Waals surface area contributed by atoms with Gasteiger partial charge in [0.15, 0.2) is 0 Å². The van der Waals surface area contributed by atoms with Crippen LogP contribution in [0, 0.1) is 57.2 Å². The number of carboxylic acid groups (broad SMARTS) is 1. The SMILES string of the molecule is CC#CC(C)(C)C(C)[C@H](O)/C=C/[C@@H]1[C@H]2C/C(=C/C(C)(C)C(C)(C)C(C)(C)C(=O)O)C[C@H]2C[C@H]1O. The summed E-state index contributed by atoms with van der Waals surface area (Å²) in [6.45, 7) is 20.0. The van der Waals surface area contributed by atoms with Crippen molar-refractivity contribution in [3.05, 3.63) is 23.8 Å². The minimum Gasteiger partial charge on any atom is -0.481 e. The van der Waals surface area contributed by atoms with Gasteiger partial charge in [-0.15, -0.1) is 5.92 Å². The van der Waals surface area contributed by atoms with Crippen molar-refractivity contribution >= 4 is 5.97 Å². The van der Waals surface area contributed by atoms with Gasteiger partial charge in [0.25, 0.3) is 0 Å². The normalized spacial score (nSPS) is 29.1. The van der Waals surface area contributed by atoms with E-state index in [2.05, 4.69) is 59.5 Å². The third-order valence-corrected chi connectivity index (χ3v) is 10.0. The monoisotopic (exact) mass is 472 g/mol. The number of hydrogen-bond acceptors (Lipinski definition) is 3. The molecule has 2 fully saturated rings. The first-order valence-corrected chi connectivity index (χ1v) is 12.8. The number of aliphatic carboxylic acids is 1. The third-order valence-electron chi connectivity index (χ3n) is 10.0.